The van der Waals surface area contributed by atoms with Crippen LogP contribution >= 0.6 is 23.2 Å². The first-order valence-corrected chi connectivity index (χ1v) is 9.37. The molecule has 1 aromatic carbocycles. The summed E-state index contributed by atoms with van der Waals surface area (Å²) in [4.78, 5) is 13.1. The van der Waals surface area contributed by atoms with Crippen molar-refractivity contribution in [3.8, 4) is 5.75 Å². The lowest BCUT2D eigenvalue weighted by Crippen LogP contribution is -2.34. The maximum absolute atomic E-state index is 11.4. The first-order chi connectivity index (χ1) is 12.0. The number of hydrogen-bond acceptors (Lipinski definition) is 4. The van der Waals surface area contributed by atoms with Crippen LogP contribution in [-0.2, 0) is 4.74 Å². The molecule has 0 atom stereocenters. The molecule has 0 radical (unpaired) electrons. The summed E-state index contributed by atoms with van der Waals surface area (Å²) in [6, 6.07) is 5.13. The molecule has 0 aliphatic carbocycles. The van der Waals surface area contributed by atoms with E-state index in [9.17, 15) is 4.79 Å². The Hall–Kier alpha value is -1.17. The minimum atomic E-state index is -0.361. The Bertz CT molecular complexity index is 536. The lowest BCUT2D eigenvalue weighted by atomic mass is 10.2. The van der Waals surface area contributed by atoms with E-state index in [2.05, 4.69) is 0 Å². The van der Waals surface area contributed by atoms with Crippen LogP contribution in [0.25, 0.3) is 0 Å². The highest BCUT2D eigenvalue weighted by molar-refractivity contribution is 6.42. The number of carbonyl (C=O) groups excluding carboxylic acids is 1. The van der Waals surface area contributed by atoms with Crippen LogP contribution in [0.3, 0.4) is 0 Å². The SMILES string of the molecule is CC(C)(C)OC(=O)N1CCCC1.CC(C)O.COc1ccc(Cl)c(Cl)c1. The number of likely N-dealkylation sites (tertiary alicyclic amines) is 1. The molecule has 150 valence electrons. The highest BCUT2D eigenvalue weighted by atomic mass is 35.5. The van der Waals surface area contributed by atoms with E-state index in [0.717, 1.165) is 31.7 Å². The third-order valence-corrected chi connectivity index (χ3v) is 3.62. The molecule has 0 aromatic heterocycles. The Morgan fingerprint density at radius 2 is 1.65 bits per heavy atom. The molecule has 1 aliphatic heterocycles. The number of methoxy groups -OCH3 is 1. The van der Waals surface area contributed by atoms with Gasteiger partial charge in [-0.2, -0.15) is 0 Å². The fraction of sp³-hybridized carbons (Fsp3) is 0.632. The second-order valence-electron chi connectivity index (χ2n) is 7.05. The topological polar surface area (TPSA) is 59.0 Å². The van der Waals surface area contributed by atoms with Crippen molar-refractivity contribution >= 4 is 29.3 Å². The zero-order valence-electron chi connectivity index (χ0n) is 16.5. The predicted molar refractivity (Wildman–Crippen MR) is 107 cm³/mol. The molecule has 1 heterocycles. The van der Waals surface area contributed by atoms with Gasteiger partial charge in [0.2, 0.25) is 0 Å². The van der Waals surface area contributed by atoms with E-state index < -0.39 is 0 Å². The van der Waals surface area contributed by atoms with Crippen LogP contribution in [0.1, 0.15) is 47.5 Å². The number of aliphatic hydroxyl groups is 1. The monoisotopic (exact) mass is 407 g/mol. The molecule has 2 rings (SSSR count). The summed E-state index contributed by atoms with van der Waals surface area (Å²) in [7, 11) is 1.58. The van der Waals surface area contributed by atoms with Gasteiger partial charge in [-0.25, -0.2) is 4.79 Å². The van der Waals surface area contributed by atoms with Gasteiger partial charge >= 0.3 is 6.09 Å². The number of ether oxygens (including phenoxy) is 2. The van der Waals surface area contributed by atoms with Crippen molar-refractivity contribution in [2.24, 2.45) is 0 Å². The molecule has 7 heteroatoms. The number of aliphatic hydroxyl groups excluding tert-OH is 1. The van der Waals surface area contributed by atoms with E-state index in [1.54, 1.807) is 44.1 Å². The molecular weight excluding hydrogens is 377 g/mol. The largest absolute Gasteiger partial charge is 0.497 e. The first kappa shape index (κ1) is 24.8. The van der Waals surface area contributed by atoms with E-state index >= 15 is 0 Å². The number of carbonyl (C=O) groups is 1. The van der Waals surface area contributed by atoms with E-state index in [1.165, 1.54) is 0 Å². The number of nitrogens with zero attached hydrogens (tertiary/aromatic N) is 1. The van der Waals surface area contributed by atoms with E-state index in [-0.39, 0.29) is 17.8 Å². The van der Waals surface area contributed by atoms with Crippen LogP contribution in [0, 0.1) is 0 Å². The van der Waals surface area contributed by atoms with Crippen molar-refractivity contribution in [1.82, 2.24) is 4.90 Å². The number of halogens is 2. The highest BCUT2D eigenvalue weighted by Crippen LogP contribution is 2.25. The molecule has 5 nitrogen and oxygen atoms in total. The van der Waals surface area contributed by atoms with Crippen LogP contribution in [0.2, 0.25) is 10.0 Å². The smallest absolute Gasteiger partial charge is 0.410 e. The van der Waals surface area contributed by atoms with Crippen LogP contribution in [0.15, 0.2) is 18.2 Å². The summed E-state index contributed by atoms with van der Waals surface area (Å²) in [5, 5.41) is 9.11. The molecule has 1 saturated heterocycles. The zero-order valence-corrected chi connectivity index (χ0v) is 18.0. The first-order valence-electron chi connectivity index (χ1n) is 8.61. The van der Waals surface area contributed by atoms with Gasteiger partial charge in [-0.1, -0.05) is 23.2 Å². The van der Waals surface area contributed by atoms with Crippen LogP contribution in [0.4, 0.5) is 4.79 Å². The van der Waals surface area contributed by atoms with Crippen LogP contribution in [-0.4, -0.2) is 48.0 Å². The number of rotatable bonds is 1. The molecule has 1 amide bonds. The van der Waals surface area contributed by atoms with Crippen molar-refractivity contribution in [3.05, 3.63) is 28.2 Å². The zero-order chi connectivity index (χ0) is 20.3. The van der Waals surface area contributed by atoms with Crippen LogP contribution in [0.5, 0.6) is 5.75 Å². The molecule has 0 saturated carbocycles. The Kier molecular flexibility index (Phi) is 11.7. The average Bonchev–Trinajstić information content (AvgIpc) is 3.03. The molecule has 0 bridgehead atoms. The predicted octanol–water partition coefficient (Wildman–Crippen LogP) is 5.41. The second-order valence-corrected chi connectivity index (χ2v) is 7.86. The Morgan fingerprint density at radius 1 is 1.15 bits per heavy atom. The minimum Gasteiger partial charge on any atom is -0.497 e. The third kappa shape index (κ3) is 12.2. The second kappa shape index (κ2) is 12.3. The quantitative estimate of drug-likeness (QED) is 0.675. The maximum Gasteiger partial charge on any atom is 0.410 e. The van der Waals surface area contributed by atoms with E-state index in [4.69, 9.17) is 37.8 Å². The van der Waals surface area contributed by atoms with Gasteiger partial charge in [-0.05, 0) is 59.6 Å². The third-order valence-electron chi connectivity index (χ3n) is 2.88. The lowest BCUT2D eigenvalue weighted by Gasteiger charge is -2.23. The molecule has 1 aromatic rings. The highest BCUT2D eigenvalue weighted by Gasteiger charge is 2.23. The van der Waals surface area contributed by atoms with Crippen molar-refractivity contribution in [2.45, 2.75) is 59.2 Å². The summed E-state index contributed by atoms with van der Waals surface area (Å²) in [5.74, 6) is 0.717. The molecule has 1 aliphatic rings. The molecule has 1 N–H and O–H groups in total. The normalized spacial score (nSPS) is 13.4. The summed E-state index contributed by atoms with van der Waals surface area (Å²) >= 11 is 11.3. The Morgan fingerprint density at radius 3 is 2.04 bits per heavy atom. The Balaban J connectivity index is 0.000000405. The molecule has 1 fully saturated rings. The Labute approximate surface area is 167 Å². The van der Waals surface area contributed by atoms with Gasteiger partial charge in [0.1, 0.15) is 11.4 Å². The van der Waals surface area contributed by atoms with Crippen molar-refractivity contribution < 1.29 is 19.4 Å². The van der Waals surface area contributed by atoms with E-state index in [1.807, 2.05) is 20.8 Å². The van der Waals surface area contributed by atoms with Gasteiger partial charge in [0.15, 0.2) is 0 Å². The average molecular weight is 408 g/mol. The summed E-state index contributed by atoms with van der Waals surface area (Å²) in [6.07, 6.45) is 1.89. The molecule has 0 unspecified atom stereocenters. The fourth-order valence-corrected chi connectivity index (χ4v) is 2.12. The number of hydrogen-bond donors (Lipinski definition) is 1. The summed E-state index contributed by atoms with van der Waals surface area (Å²) in [6.45, 7) is 10.8. The fourth-order valence-electron chi connectivity index (χ4n) is 1.83. The van der Waals surface area contributed by atoms with Crippen LogP contribution < -0.4 is 4.74 Å². The van der Waals surface area contributed by atoms with E-state index in [0.29, 0.717) is 10.0 Å². The van der Waals surface area contributed by atoms with Gasteiger partial charge in [0, 0.05) is 25.3 Å². The van der Waals surface area contributed by atoms with Gasteiger partial charge < -0.3 is 19.5 Å². The summed E-state index contributed by atoms with van der Waals surface area (Å²) < 4.78 is 10.1. The maximum atomic E-state index is 11.4. The standard InChI is InChI=1S/C9H17NO2.C7H6Cl2O.C3H8O/c1-9(2,3)12-8(11)10-6-4-5-7-10;1-10-5-2-3-6(8)7(9)4-5;1-3(2)4/h4-7H2,1-3H3;2-4H,1H3;3-4H,1-2H3. The summed E-state index contributed by atoms with van der Waals surface area (Å²) in [5.41, 5.74) is -0.361. The molecular formula is C19H31Cl2NO4. The number of benzene rings is 1. The molecule has 0 spiro atoms. The lowest BCUT2D eigenvalue weighted by molar-refractivity contribution is 0.0295. The van der Waals surface area contributed by atoms with Crippen molar-refractivity contribution in [2.75, 3.05) is 20.2 Å². The van der Waals surface area contributed by atoms with Gasteiger partial charge in [-0.15, -0.1) is 0 Å². The van der Waals surface area contributed by atoms with Gasteiger partial charge in [0.05, 0.1) is 17.2 Å². The van der Waals surface area contributed by atoms with Crippen molar-refractivity contribution in [3.63, 3.8) is 0 Å². The minimum absolute atomic E-state index is 0.167. The van der Waals surface area contributed by atoms with Gasteiger partial charge in [0.25, 0.3) is 0 Å². The van der Waals surface area contributed by atoms with Gasteiger partial charge in [-0.3, -0.25) is 0 Å². The number of amides is 1. The van der Waals surface area contributed by atoms with Crippen molar-refractivity contribution in [1.29, 1.82) is 0 Å². The molecule has 26 heavy (non-hydrogen) atoms.